The summed E-state index contributed by atoms with van der Waals surface area (Å²) in [5.41, 5.74) is 0.165. The lowest BCUT2D eigenvalue weighted by Gasteiger charge is -2.23. The van der Waals surface area contributed by atoms with Gasteiger partial charge in [-0.3, -0.25) is 4.79 Å². The second kappa shape index (κ2) is 7.30. The quantitative estimate of drug-likeness (QED) is 0.597. The Morgan fingerprint density at radius 2 is 2.15 bits per heavy atom. The minimum absolute atomic E-state index is 0.109. The van der Waals surface area contributed by atoms with Gasteiger partial charge in [0.15, 0.2) is 0 Å². The summed E-state index contributed by atoms with van der Waals surface area (Å²) < 4.78 is 0. The van der Waals surface area contributed by atoms with Crippen LogP contribution in [0.25, 0.3) is 10.2 Å². The Bertz CT molecular complexity index is 919. The van der Waals surface area contributed by atoms with Crippen LogP contribution in [0.2, 0.25) is 0 Å². The van der Waals surface area contributed by atoms with Gasteiger partial charge in [-0.2, -0.15) is 0 Å². The van der Waals surface area contributed by atoms with E-state index in [1.165, 1.54) is 22.5 Å². The molecular weight excluding hydrogens is 368 g/mol. The number of thiophene rings is 2. The average molecular weight is 391 g/mol. The maximum absolute atomic E-state index is 12.7. The Morgan fingerprint density at radius 1 is 1.38 bits per heavy atom. The molecule has 3 aromatic heterocycles. The number of aryl methyl sites for hydroxylation is 1. The predicted molar refractivity (Wildman–Crippen MR) is 107 cm³/mol. The van der Waals surface area contributed by atoms with Crippen molar-refractivity contribution in [2.45, 2.75) is 39.3 Å². The highest BCUT2D eigenvalue weighted by Crippen LogP contribution is 2.35. The van der Waals surface area contributed by atoms with Crippen LogP contribution in [0, 0.1) is 6.92 Å². The van der Waals surface area contributed by atoms with Gasteiger partial charge in [0, 0.05) is 4.88 Å². The van der Waals surface area contributed by atoms with E-state index in [-0.39, 0.29) is 18.6 Å². The molecule has 0 radical (unpaired) electrons. The molecule has 0 aliphatic carbocycles. The van der Waals surface area contributed by atoms with E-state index in [0.717, 1.165) is 21.6 Å². The molecule has 0 aliphatic heterocycles. The number of amides is 1. The van der Waals surface area contributed by atoms with Gasteiger partial charge in [-0.05, 0) is 44.7 Å². The number of carbonyl (C=O) groups is 1. The minimum atomic E-state index is -0.680. The largest absolute Gasteiger partial charge is 0.394 e. The summed E-state index contributed by atoms with van der Waals surface area (Å²) in [7, 11) is 0. The van der Waals surface area contributed by atoms with E-state index in [1.54, 1.807) is 25.2 Å². The van der Waals surface area contributed by atoms with Gasteiger partial charge in [0.25, 0.3) is 5.91 Å². The molecule has 0 aromatic carbocycles. The summed E-state index contributed by atoms with van der Waals surface area (Å²) in [6, 6.07) is 4.21. The third kappa shape index (κ3) is 3.72. The topological polar surface area (TPSA) is 87.1 Å². The molecule has 0 bridgehead atoms. The number of hydrogen-bond donors (Lipinski definition) is 3. The first-order valence-corrected chi connectivity index (χ1v) is 9.99. The lowest BCUT2D eigenvalue weighted by Crippen LogP contribution is -2.46. The van der Waals surface area contributed by atoms with Crippen LogP contribution < -0.4 is 10.6 Å². The molecule has 0 saturated heterocycles. The number of nitrogens with one attached hydrogen (secondary N) is 2. The minimum Gasteiger partial charge on any atom is -0.394 e. The molecule has 1 amide bonds. The normalized spacial score (nSPS) is 13.0. The summed E-state index contributed by atoms with van der Waals surface area (Å²) >= 11 is 3.03. The fourth-order valence-corrected chi connectivity index (χ4v) is 4.39. The molecule has 3 heterocycles. The van der Waals surface area contributed by atoms with Gasteiger partial charge in [-0.1, -0.05) is 6.07 Å². The molecule has 3 N–H and O–H groups in total. The van der Waals surface area contributed by atoms with Crippen molar-refractivity contribution in [1.29, 1.82) is 0 Å². The zero-order valence-electron chi connectivity index (χ0n) is 15.2. The third-order valence-electron chi connectivity index (χ3n) is 4.10. The van der Waals surface area contributed by atoms with Crippen molar-refractivity contribution < 1.29 is 9.90 Å². The Morgan fingerprint density at radius 3 is 2.81 bits per heavy atom. The number of carbonyl (C=O) groups excluding carboxylic acids is 1. The Balaban J connectivity index is 1.95. The standard InChI is InChI=1S/C18H22N4O2S2/c1-10-13-15(21-11(2)12-6-5-7-25-12)19-9-20-17(13)26-14(10)16(24)22-18(3,4)8-23/h5-7,9,11,23H,8H2,1-4H3,(H,22,24)(H,19,20,21)/t11-/m1/s1. The molecular formula is C18H22N4O2S2. The van der Waals surface area contributed by atoms with E-state index < -0.39 is 5.54 Å². The SMILES string of the molecule is Cc1c(C(=O)NC(C)(C)CO)sc2ncnc(N[C@H](C)c3cccs3)c12. The van der Waals surface area contributed by atoms with Gasteiger partial charge >= 0.3 is 0 Å². The van der Waals surface area contributed by atoms with Gasteiger partial charge < -0.3 is 15.7 Å². The highest BCUT2D eigenvalue weighted by Gasteiger charge is 2.25. The maximum Gasteiger partial charge on any atom is 0.262 e. The van der Waals surface area contributed by atoms with Crippen molar-refractivity contribution in [2.24, 2.45) is 0 Å². The molecule has 0 spiro atoms. The smallest absolute Gasteiger partial charge is 0.262 e. The fourth-order valence-electron chi connectivity index (χ4n) is 2.62. The lowest BCUT2D eigenvalue weighted by atomic mass is 10.1. The summed E-state index contributed by atoms with van der Waals surface area (Å²) in [4.78, 5) is 24.0. The van der Waals surface area contributed by atoms with Crippen LogP contribution in [0.5, 0.6) is 0 Å². The molecule has 26 heavy (non-hydrogen) atoms. The van der Waals surface area contributed by atoms with Crippen LogP contribution in [-0.2, 0) is 0 Å². The highest BCUT2D eigenvalue weighted by molar-refractivity contribution is 7.20. The predicted octanol–water partition coefficient (Wildman–Crippen LogP) is 3.74. The van der Waals surface area contributed by atoms with Crippen molar-refractivity contribution >= 4 is 44.6 Å². The maximum atomic E-state index is 12.7. The molecule has 0 fully saturated rings. The lowest BCUT2D eigenvalue weighted by molar-refractivity contribution is 0.0873. The number of hydrogen-bond acceptors (Lipinski definition) is 7. The number of aromatic nitrogens is 2. The highest BCUT2D eigenvalue weighted by atomic mass is 32.1. The van der Waals surface area contributed by atoms with E-state index in [4.69, 9.17) is 0 Å². The number of fused-ring (bicyclic) bond motifs is 1. The number of rotatable bonds is 6. The molecule has 8 heteroatoms. The Labute approximate surface area is 160 Å². The van der Waals surface area contributed by atoms with Crippen LogP contribution in [0.15, 0.2) is 23.8 Å². The zero-order chi connectivity index (χ0) is 18.9. The van der Waals surface area contributed by atoms with Gasteiger partial charge in [-0.25, -0.2) is 9.97 Å². The Hall–Kier alpha value is -2.03. The molecule has 6 nitrogen and oxygen atoms in total. The second-order valence-electron chi connectivity index (χ2n) is 6.84. The molecule has 3 rings (SSSR count). The van der Waals surface area contributed by atoms with Crippen molar-refractivity contribution in [3.8, 4) is 0 Å². The van der Waals surface area contributed by atoms with Crippen LogP contribution in [0.1, 0.15) is 46.9 Å². The van der Waals surface area contributed by atoms with Crippen molar-refractivity contribution in [3.05, 3.63) is 39.2 Å². The van der Waals surface area contributed by atoms with Gasteiger partial charge in [0.05, 0.1) is 28.5 Å². The summed E-state index contributed by atoms with van der Waals surface area (Å²) in [6.07, 6.45) is 1.51. The van der Waals surface area contributed by atoms with E-state index in [9.17, 15) is 9.90 Å². The molecule has 138 valence electrons. The second-order valence-corrected chi connectivity index (χ2v) is 8.81. The number of nitrogens with zero attached hydrogens (tertiary/aromatic N) is 2. The molecule has 0 unspecified atom stereocenters. The van der Waals surface area contributed by atoms with Crippen LogP contribution >= 0.6 is 22.7 Å². The zero-order valence-corrected chi connectivity index (χ0v) is 16.8. The number of aliphatic hydroxyl groups excluding tert-OH is 1. The molecule has 0 saturated carbocycles. The number of anilines is 1. The van der Waals surface area contributed by atoms with Crippen LogP contribution in [0.3, 0.4) is 0 Å². The number of aliphatic hydroxyl groups is 1. The third-order valence-corrected chi connectivity index (χ3v) is 6.36. The van der Waals surface area contributed by atoms with Gasteiger partial charge in [0.2, 0.25) is 0 Å². The van der Waals surface area contributed by atoms with E-state index in [2.05, 4.69) is 33.6 Å². The summed E-state index contributed by atoms with van der Waals surface area (Å²) in [5, 5.41) is 18.6. The molecule has 3 aromatic rings. The van der Waals surface area contributed by atoms with Crippen LogP contribution in [0.4, 0.5) is 5.82 Å². The first-order valence-electron chi connectivity index (χ1n) is 8.30. The fraction of sp³-hybridized carbons (Fsp3) is 0.389. The first-order chi connectivity index (χ1) is 12.3. The summed E-state index contributed by atoms with van der Waals surface area (Å²) in [6.45, 7) is 7.42. The molecule has 1 atom stereocenters. The van der Waals surface area contributed by atoms with Gasteiger partial charge in [-0.15, -0.1) is 22.7 Å². The molecule has 0 aliphatic rings. The van der Waals surface area contributed by atoms with Crippen molar-refractivity contribution in [2.75, 3.05) is 11.9 Å². The van der Waals surface area contributed by atoms with E-state index in [0.29, 0.717) is 4.88 Å². The van der Waals surface area contributed by atoms with E-state index >= 15 is 0 Å². The van der Waals surface area contributed by atoms with Crippen molar-refractivity contribution in [3.63, 3.8) is 0 Å². The van der Waals surface area contributed by atoms with Crippen molar-refractivity contribution in [1.82, 2.24) is 15.3 Å². The van der Waals surface area contributed by atoms with Crippen LogP contribution in [-0.4, -0.2) is 33.1 Å². The Kier molecular flexibility index (Phi) is 5.27. The monoisotopic (exact) mass is 390 g/mol. The van der Waals surface area contributed by atoms with Gasteiger partial charge in [0.1, 0.15) is 17.0 Å². The first kappa shape index (κ1) is 18.8. The average Bonchev–Trinajstić information content (AvgIpc) is 3.23. The summed E-state index contributed by atoms with van der Waals surface area (Å²) in [5.74, 6) is 0.520. The van der Waals surface area contributed by atoms with E-state index in [1.807, 2.05) is 18.4 Å².